The number of nitrogens with one attached hydrogen (secondary N) is 1. The first-order valence-corrected chi connectivity index (χ1v) is 6.53. The molecule has 0 spiro atoms. The average molecular weight is 289 g/mol. The molecule has 0 aliphatic carbocycles. The van der Waals surface area contributed by atoms with Crippen molar-refractivity contribution in [2.75, 3.05) is 18.5 Å². The SMILES string of the molecule is CCc1nc(Cl)c([N+](=O)[O-])c(NCCCCCO)n1. The molecule has 0 aromatic carbocycles. The fourth-order valence-corrected chi connectivity index (χ4v) is 1.79. The lowest BCUT2D eigenvalue weighted by molar-refractivity contribution is -0.384. The highest BCUT2D eigenvalue weighted by Crippen LogP contribution is 2.29. The summed E-state index contributed by atoms with van der Waals surface area (Å²) in [5.41, 5.74) is -0.291. The second-order valence-electron chi connectivity index (χ2n) is 3.95. The lowest BCUT2D eigenvalue weighted by Gasteiger charge is -2.08. The van der Waals surface area contributed by atoms with Crippen LogP contribution in [0.25, 0.3) is 0 Å². The quantitative estimate of drug-likeness (QED) is 0.329. The Morgan fingerprint density at radius 3 is 2.68 bits per heavy atom. The maximum atomic E-state index is 10.9. The molecule has 7 nitrogen and oxygen atoms in total. The number of aryl methyl sites for hydroxylation is 1. The summed E-state index contributed by atoms with van der Waals surface area (Å²) in [6.45, 7) is 2.54. The van der Waals surface area contributed by atoms with Crippen LogP contribution in [0.2, 0.25) is 5.15 Å². The molecule has 0 aliphatic rings. The van der Waals surface area contributed by atoms with Gasteiger partial charge in [-0.1, -0.05) is 18.5 Å². The third-order valence-corrected chi connectivity index (χ3v) is 2.78. The summed E-state index contributed by atoms with van der Waals surface area (Å²) < 4.78 is 0. The average Bonchev–Trinajstić information content (AvgIpc) is 2.37. The van der Waals surface area contributed by atoms with Gasteiger partial charge in [-0.2, -0.15) is 0 Å². The third kappa shape index (κ3) is 4.60. The number of nitro groups is 1. The second kappa shape index (κ2) is 7.85. The van der Waals surface area contributed by atoms with Crippen molar-refractivity contribution in [3.63, 3.8) is 0 Å². The van der Waals surface area contributed by atoms with Crippen LogP contribution in [0.5, 0.6) is 0 Å². The number of unbranched alkanes of at least 4 members (excludes halogenated alkanes) is 2. The van der Waals surface area contributed by atoms with E-state index in [0.717, 1.165) is 12.8 Å². The summed E-state index contributed by atoms with van der Waals surface area (Å²) in [4.78, 5) is 18.3. The van der Waals surface area contributed by atoms with Gasteiger partial charge in [0.1, 0.15) is 5.82 Å². The summed E-state index contributed by atoms with van der Waals surface area (Å²) in [5.74, 6) is 0.624. The number of anilines is 1. The molecule has 106 valence electrons. The van der Waals surface area contributed by atoms with Crippen molar-refractivity contribution in [2.45, 2.75) is 32.6 Å². The Morgan fingerprint density at radius 1 is 1.37 bits per heavy atom. The van der Waals surface area contributed by atoms with Gasteiger partial charge in [0.05, 0.1) is 4.92 Å². The van der Waals surface area contributed by atoms with Gasteiger partial charge in [-0.3, -0.25) is 10.1 Å². The van der Waals surface area contributed by atoms with E-state index in [4.69, 9.17) is 16.7 Å². The number of hydrogen-bond acceptors (Lipinski definition) is 6. The minimum Gasteiger partial charge on any atom is -0.396 e. The molecule has 0 amide bonds. The van der Waals surface area contributed by atoms with Crippen LogP contribution in [0, 0.1) is 10.1 Å². The second-order valence-corrected chi connectivity index (χ2v) is 4.31. The van der Waals surface area contributed by atoms with E-state index >= 15 is 0 Å². The van der Waals surface area contributed by atoms with E-state index in [2.05, 4.69) is 15.3 Å². The van der Waals surface area contributed by atoms with Crippen molar-refractivity contribution < 1.29 is 10.0 Å². The molecule has 0 fully saturated rings. The van der Waals surface area contributed by atoms with Gasteiger partial charge >= 0.3 is 5.69 Å². The molecule has 0 unspecified atom stereocenters. The molecule has 8 heteroatoms. The maximum Gasteiger partial charge on any atom is 0.348 e. The van der Waals surface area contributed by atoms with Crippen LogP contribution < -0.4 is 5.32 Å². The molecular formula is C11H17ClN4O3. The van der Waals surface area contributed by atoms with Gasteiger partial charge in [0.25, 0.3) is 0 Å². The van der Waals surface area contributed by atoms with Crippen LogP contribution in [-0.4, -0.2) is 33.1 Å². The van der Waals surface area contributed by atoms with Crippen molar-refractivity contribution in [3.8, 4) is 0 Å². The van der Waals surface area contributed by atoms with E-state index in [0.29, 0.717) is 25.2 Å². The summed E-state index contributed by atoms with van der Waals surface area (Å²) in [7, 11) is 0. The molecule has 0 saturated heterocycles. The van der Waals surface area contributed by atoms with Crippen LogP contribution in [0.3, 0.4) is 0 Å². The van der Waals surface area contributed by atoms with Crippen LogP contribution in [-0.2, 0) is 6.42 Å². The van der Waals surface area contributed by atoms with Crippen LogP contribution in [0.4, 0.5) is 11.5 Å². The molecule has 0 atom stereocenters. The van der Waals surface area contributed by atoms with Gasteiger partial charge in [-0.25, -0.2) is 9.97 Å². The van der Waals surface area contributed by atoms with Crippen molar-refractivity contribution in [2.24, 2.45) is 0 Å². The van der Waals surface area contributed by atoms with Crippen LogP contribution in [0.15, 0.2) is 0 Å². The molecule has 0 saturated carbocycles. The predicted molar refractivity (Wildman–Crippen MR) is 72.5 cm³/mol. The van der Waals surface area contributed by atoms with Crippen LogP contribution in [0.1, 0.15) is 32.0 Å². The number of aliphatic hydroxyl groups is 1. The summed E-state index contributed by atoms with van der Waals surface area (Å²) in [6, 6.07) is 0. The van der Waals surface area contributed by atoms with Gasteiger partial charge in [0.2, 0.25) is 11.0 Å². The molecule has 1 aromatic rings. The third-order valence-electron chi connectivity index (χ3n) is 2.51. The molecular weight excluding hydrogens is 272 g/mol. The number of rotatable bonds is 8. The first-order chi connectivity index (χ1) is 9.10. The fourth-order valence-electron chi connectivity index (χ4n) is 1.53. The summed E-state index contributed by atoms with van der Waals surface area (Å²) in [5, 5.41) is 22.4. The van der Waals surface area contributed by atoms with Gasteiger partial charge in [0.15, 0.2) is 0 Å². The van der Waals surface area contributed by atoms with E-state index in [9.17, 15) is 10.1 Å². The predicted octanol–water partition coefficient (Wildman–Crippen LogP) is 2.18. The van der Waals surface area contributed by atoms with E-state index in [1.54, 1.807) is 0 Å². The first kappa shape index (κ1) is 15.6. The Bertz CT molecular complexity index is 442. The fraction of sp³-hybridized carbons (Fsp3) is 0.636. The molecule has 2 N–H and O–H groups in total. The summed E-state index contributed by atoms with van der Waals surface area (Å²) in [6.07, 6.45) is 2.91. The lowest BCUT2D eigenvalue weighted by atomic mass is 10.2. The Hall–Kier alpha value is -1.47. The maximum absolute atomic E-state index is 10.9. The van der Waals surface area contributed by atoms with Crippen molar-refractivity contribution in [3.05, 3.63) is 21.1 Å². The number of nitrogens with zero attached hydrogens (tertiary/aromatic N) is 3. The number of aromatic nitrogens is 2. The Labute approximate surface area is 116 Å². The Kier molecular flexibility index (Phi) is 6.44. The van der Waals surface area contributed by atoms with E-state index in [1.165, 1.54) is 0 Å². The first-order valence-electron chi connectivity index (χ1n) is 6.15. The van der Waals surface area contributed by atoms with Crippen molar-refractivity contribution in [1.82, 2.24) is 9.97 Å². The Morgan fingerprint density at radius 2 is 2.11 bits per heavy atom. The number of hydrogen-bond donors (Lipinski definition) is 2. The van der Waals surface area contributed by atoms with E-state index in [1.807, 2.05) is 6.92 Å². The topological polar surface area (TPSA) is 101 Å². The minimum atomic E-state index is -0.585. The molecule has 0 aliphatic heterocycles. The number of aliphatic hydroxyl groups excluding tert-OH is 1. The van der Waals surface area contributed by atoms with Crippen LogP contribution >= 0.6 is 11.6 Å². The normalized spacial score (nSPS) is 10.5. The van der Waals surface area contributed by atoms with E-state index < -0.39 is 4.92 Å². The molecule has 0 radical (unpaired) electrons. The molecule has 19 heavy (non-hydrogen) atoms. The smallest absolute Gasteiger partial charge is 0.348 e. The standard InChI is InChI=1S/C11H17ClN4O3/c1-2-8-14-10(12)9(16(18)19)11(15-8)13-6-4-3-5-7-17/h17H,2-7H2,1H3,(H,13,14,15). The highest BCUT2D eigenvalue weighted by atomic mass is 35.5. The molecule has 0 bridgehead atoms. The molecule has 1 heterocycles. The highest BCUT2D eigenvalue weighted by Gasteiger charge is 2.22. The minimum absolute atomic E-state index is 0.144. The Balaban J connectivity index is 2.78. The van der Waals surface area contributed by atoms with Gasteiger partial charge in [0, 0.05) is 19.6 Å². The van der Waals surface area contributed by atoms with Crippen molar-refractivity contribution in [1.29, 1.82) is 0 Å². The molecule has 1 rings (SSSR count). The van der Waals surface area contributed by atoms with E-state index in [-0.39, 0.29) is 23.3 Å². The number of halogens is 1. The molecule has 1 aromatic heterocycles. The van der Waals surface area contributed by atoms with Crippen molar-refractivity contribution >= 4 is 23.1 Å². The zero-order valence-corrected chi connectivity index (χ0v) is 11.5. The van der Waals surface area contributed by atoms with Gasteiger partial charge in [-0.15, -0.1) is 0 Å². The summed E-state index contributed by atoms with van der Waals surface area (Å²) >= 11 is 5.81. The zero-order chi connectivity index (χ0) is 14.3. The van der Waals surface area contributed by atoms with Gasteiger partial charge < -0.3 is 10.4 Å². The lowest BCUT2D eigenvalue weighted by Crippen LogP contribution is -2.09. The largest absolute Gasteiger partial charge is 0.396 e. The highest BCUT2D eigenvalue weighted by molar-refractivity contribution is 6.31. The zero-order valence-electron chi connectivity index (χ0n) is 10.7. The van der Waals surface area contributed by atoms with Gasteiger partial charge in [-0.05, 0) is 19.3 Å². The monoisotopic (exact) mass is 288 g/mol.